The first-order chi connectivity index (χ1) is 6.29. The van der Waals surface area contributed by atoms with Gasteiger partial charge in [0, 0.05) is 0 Å². The summed E-state index contributed by atoms with van der Waals surface area (Å²) in [7, 11) is 0. The summed E-state index contributed by atoms with van der Waals surface area (Å²) in [6.07, 6.45) is 4.87. The minimum absolute atomic E-state index is 0.0185. The minimum atomic E-state index is -0.0185. The summed E-state index contributed by atoms with van der Waals surface area (Å²) in [5.41, 5.74) is 2.16. The number of aryl methyl sites for hydroxylation is 1. The molecule has 0 heterocycles. The highest BCUT2D eigenvalue weighted by atomic mass is 19.1. The normalized spacial score (nSPS) is 12.8. The van der Waals surface area contributed by atoms with Crippen LogP contribution in [0.4, 0.5) is 4.39 Å². The monoisotopic (exact) mass is 178 g/mol. The molecule has 0 aliphatic heterocycles. The number of allylic oxidation sites excluding steroid dienone is 1. The average molecular weight is 178 g/mol. The predicted molar refractivity (Wildman–Crippen MR) is 54.3 cm³/mol. The van der Waals surface area contributed by atoms with Gasteiger partial charge in [0.2, 0.25) is 0 Å². The molecular weight excluding hydrogens is 163 g/mol. The van der Waals surface area contributed by atoms with Crippen molar-refractivity contribution in [2.24, 2.45) is 0 Å². The lowest BCUT2D eigenvalue weighted by atomic mass is 10.1. The zero-order valence-electron chi connectivity index (χ0n) is 8.02. The van der Waals surface area contributed by atoms with Crippen LogP contribution in [0.2, 0.25) is 0 Å². The molecule has 0 saturated carbocycles. The summed E-state index contributed by atoms with van der Waals surface area (Å²) >= 11 is 0. The number of rotatable bonds is 0. The number of fused-ring (bicyclic) bond motifs is 1. The molecule has 0 amide bonds. The second-order valence-electron chi connectivity index (χ2n) is 3.14. The molecule has 0 atom stereocenters. The van der Waals surface area contributed by atoms with E-state index >= 15 is 0 Å². The van der Waals surface area contributed by atoms with Crippen molar-refractivity contribution in [3.63, 3.8) is 0 Å². The van der Waals surface area contributed by atoms with E-state index in [2.05, 4.69) is 6.58 Å². The zero-order valence-corrected chi connectivity index (χ0v) is 8.02. The highest BCUT2D eigenvalue weighted by Gasteiger charge is 2.13. The van der Waals surface area contributed by atoms with E-state index in [1.165, 1.54) is 5.56 Å². The molecule has 0 radical (unpaired) electrons. The van der Waals surface area contributed by atoms with Gasteiger partial charge in [-0.05, 0) is 43.4 Å². The fourth-order valence-electron chi connectivity index (χ4n) is 1.57. The third-order valence-corrected chi connectivity index (χ3v) is 2.09. The van der Waals surface area contributed by atoms with E-state index < -0.39 is 0 Å². The highest BCUT2D eigenvalue weighted by molar-refractivity contribution is 5.32. The number of halogens is 1. The van der Waals surface area contributed by atoms with Crippen LogP contribution in [0.25, 0.3) is 0 Å². The molecule has 0 unspecified atom stereocenters. The molecule has 0 bridgehead atoms. The molecular formula is C12H15F. The molecule has 0 aromatic heterocycles. The molecule has 0 nitrogen and oxygen atoms in total. The summed E-state index contributed by atoms with van der Waals surface area (Å²) < 4.78 is 12.9. The second-order valence-corrected chi connectivity index (χ2v) is 3.14. The van der Waals surface area contributed by atoms with Gasteiger partial charge in [-0.15, -0.1) is 6.58 Å². The quantitative estimate of drug-likeness (QED) is 0.533. The fourth-order valence-corrected chi connectivity index (χ4v) is 1.57. The average Bonchev–Trinajstić information content (AvgIpc) is 2.54. The van der Waals surface area contributed by atoms with Crippen molar-refractivity contribution in [3.8, 4) is 0 Å². The van der Waals surface area contributed by atoms with Crippen LogP contribution in [-0.4, -0.2) is 0 Å². The lowest BCUT2D eigenvalue weighted by Crippen LogP contribution is -1.85. The van der Waals surface area contributed by atoms with Crippen LogP contribution in [0, 0.1) is 5.82 Å². The minimum Gasteiger partial charge on any atom is -0.207 e. The van der Waals surface area contributed by atoms with Gasteiger partial charge in [0.05, 0.1) is 0 Å². The van der Waals surface area contributed by atoms with Gasteiger partial charge in [-0.2, -0.15) is 0 Å². The maximum atomic E-state index is 12.9. The highest BCUT2D eigenvalue weighted by Crippen LogP contribution is 2.23. The largest absolute Gasteiger partial charge is 0.207 e. The van der Waals surface area contributed by atoms with Crippen molar-refractivity contribution >= 4 is 0 Å². The van der Waals surface area contributed by atoms with E-state index in [0.717, 1.165) is 24.8 Å². The fraction of sp³-hybridized carbons (Fsp3) is 0.333. The molecule has 70 valence electrons. The molecule has 1 aliphatic rings. The molecule has 13 heavy (non-hydrogen) atoms. The van der Waals surface area contributed by atoms with E-state index in [-0.39, 0.29) is 5.82 Å². The van der Waals surface area contributed by atoms with Crippen LogP contribution in [-0.2, 0) is 12.8 Å². The first-order valence-electron chi connectivity index (χ1n) is 4.63. The summed E-state index contributed by atoms with van der Waals surface area (Å²) in [4.78, 5) is 0. The van der Waals surface area contributed by atoms with Crippen molar-refractivity contribution in [1.82, 2.24) is 0 Å². The Kier molecular flexibility index (Phi) is 3.69. The van der Waals surface area contributed by atoms with Crippen LogP contribution in [0.1, 0.15) is 24.5 Å². The van der Waals surface area contributed by atoms with Gasteiger partial charge in [-0.3, -0.25) is 0 Å². The Hall–Kier alpha value is -1.11. The molecule has 0 saturated heterocycles. The van der Waals surface area contributed by atoms with E-state index in [9.17, 15) is 4.39 Å². The van der Waals surface area contributed by atoms with Gasteiger partial charge >= 0.3 is 0 Å². The van der Waals surface area contributed by atoms with Gasteiger partial charge in [0.15, 0.2) is 0 Å². The van der Waals surface area contributed by atoms with Crippen LogP contribution in [0.5, 0.6) is 0 Å². The first kappa shape index (κ1) is 9.97. The Balaban J connectivity index is 0.000000251. The maximum absolute atomic E-state index is 12.9. The van der Waals surface area contributed by atoms with Gasteiger partial charge in [0.1, 0.15) is 5.82 Å². The van der Waals surface area contributed by atoms with Gasteiger partial charge in [-0.1, -0.05) is 18.2 Å². The summed E-state index contributed by atoms with van der Waals surface area (Å²) in [5, 5.41) is 0. The van der Waals surface area contributed by atoms with Crippen molar-refractivity contribution in [1.29, 1.82) is 0 Å². The Labute approximate surface area is 79.1 Å². The Bertz CT molecular complexity index is 289. The Morgan fingerprint density at radius 2 is 2.08 bits per heavy atom. The number of hydrogen-bond acceptors (Lipinski definition) is 0. The van der Waals surface area contributed by atoms with Crippen molar-refractivity contribution in [3.05, 3.63) is 47.8 Å². The maximum Gasteiger partial charge on any atom is 0.126 e. The van der Waals surface area contributed by atoms with Crippen molar-refractivity contribution in [2.75, 3.05) is 0 Å². The third-order valence-electron chi connectivity index (χ3n) is 2.09. The lowest BCUT2D eigenvalue weighted by Gasteiger charge is -1.97. The van der Waals surface area contributed by atoms with Crippen LogP contribution in [0.15, 0.2) is 30.9 Å². The van der Waals surface area contributed by atoms with Gasteiger partial charge < -0.3 is 0 Å². The van der Waals surface area contributed by atoms with Crippen molar-refractivity contribution < 1.29 is 4.39 Å². The van der Waals surface area contributed by atoms with E-state index in [1.807, 2.05) is 13.0 Å². The lowest BCUT2D eigenvalue weighted by molar-refractivity contribution is 0.613. The molecule has 1 aromatic rings. The molecule has 0 N–H and O–H groups in total. The van der Waals surface area contributed by atoms with Gasteiger partial charge in [-0.25, -0.2) is 4.39 Å². The van der Waals surface area contributed by atoms with Crippen molar-refractivity contribution in [2.45, 2.75) is 26.2 Å². The first-order valence-corrected chi connectivity index (χ1v) is 4.63. The SMILES string of the molecule is C=CC.Fc1cccc2c1CCC2. The van der Waals surface area contributed by atoms with Crippen LogP contribution < -0.4 is 0 Å². The summed E-state index contributed by atoms with van der Waals surface area (Å²) in [5.74, 6) is -0.0185. The molecule has 2 rings (SSSR count). The zero-order chi connectivity index (χ0) is 9.68. The summed E-state index contributed by atoms with van der Waals surface area (Å²) in [6, 6.07) is 5.36. The van der Waals surface area contributed by atoms with E-state index in [4.69, 9.17) is 0 Å². The Morgan fingerprint density at radius 1 is 1.38 bits per heavy atom. The molecule has 1 heteroatoms. The molecule has 0 spiro atoms. The standard InChI is InChI=1S/C9H9F.C3H6/c10-9-6-2-4-7-3-1-5-8(7)9;1-3-2/h2,4,6H,1,3,5H2;3H,1H2,2H3. The molecule has 1 aliphatic carbocycles. The van der Waals surface area contributed by atoms with E-state index in [0.29, 0.717) is 0 Å². The molecule has 0 fully saturated rings. The predicted octanol–water partition coefficient (Wildman–Crippen LogP) is 3.51. The van der Waals surface area contributed by atoms with Gasteiger partial charge in [0.25, 0.3) is 0 Å². The second kappa shape index (κ2) is 4.80. The van der Waals surface area contributed by atoms with Crippen LogP contribution in [0.3, 0.4) is 0 Å². The topological polar surface area (TPSA) is 0 Å². The summed E-state index contributed by atoms with van der Waals surface area (Å²) in [6.45, 7) is 5.25. The van der Waals surface area contributed by atoms with E-state index in [1.54, 1.807) is 18.2 Å². The molecule has 1 aromatic carbocycles. The number of hydrogen-bond donors (Lipinski definition) is 0. The smallest absolute Gasteiger partial charge is 0.126 e. The Morgan fingerprint density at radius 3 is 2.69 bits per heavy atom. The third kappa shape index (κ3) is 2.41. The van der Waals surface area contributed by atoms with Crippen LogP contribution >= 0.6 is 0 Å². The number of benzene rings is 1.